The third-order valence-electron chi connectivity index (χ3n) is 13.6. The zero-order chi connectivity index (χ0) is 44.4. The van der Waals surface area contributed by atoms with E-state index in [-0.39, 0.29) is 55.8 Å². The Balaban J connectivity index is 1.46. The summed E-state index contributed by atoms with van der Waals surface area (Å²) in [6.07, 6.45) is 19.9. The van der Waals surface area contributed by atoms with E-state index in [9.17, 15) is 14.6 Å². The van der Waals surface area contributed by atoms with Gasteiger partial charge in [0, 0.05) is 63.7 Å². The Morgan fingerprint density at radius 2 is 1.67 bits per heavy atom. The number of aliphatic hydroxyl groups excluding tert-OH is 2. The zero-order valence-electron chi connectivity index (χ0n) is 38.3. The summed E-state index contributed by atoms with van der Waals surface area (Å²) in [5.74, 6) is -0.506. The fourth-order valence-electron chi connectivity index (χ4n) is 10.4. The number of carbonyl (C=O) groups excluding carboxylic acids is 1. The van der Waals surface area contributed by atoms with Crippen molar-refractivity contribution in [2.45, 2.75) is 147 Å². The summed E-state index contributed by atoms with van der Waals surface area (Å²) in [5.41, 5.74) is 3.63. The molecular weight excluding hydrogens is 798 g/mol. The number of ether oxygens (including phenoxy) is 3. The van der Waals surface area contributed by atoms with Gasteiger partial charge in [0.15, 0.2) is 0 Å². The van der Waals surface area contributed by atoms with Crippen LogP contribution >= 0.6 is 0 Å². The molecule has 2 aromatic carbocycles. The van der Waals surface area contributed by atoms with E-state index in [1.54, 1.807) is 18.2 Å². The van der Waals surface area contributed by atoms with Crippen molar-refractivity contribution in [1.82, 2.24) is 9.80 Å². The Morgan fingerprint density at radius 3 is 2.35 bits per heavy atom. The van der Waals surface area contributed by atoms with Crippen LogP contribution in [-0.2, 0) is 20.9 Å². The minimum absolute atomic E-state index is 0.00433. The summed E-state index contributed by atoms with van der Waals surface area (Å²) < 4.78 is 35.4. The highest BCUT2D eigenvalue weighted by molar-refractivity contribution is 6.03. The van der Waals surface area contributed by atoms with E-state index in [2.05, 4.69) is 30.5 Å². The number of amides is 1. The maximum Gasteiger partial charge on any atom is 0.239 e. The molecule has 6 atom stereocenters. The van der Waals surface area contributed by atoms with Gasteiger partial charge in [0.25, 0.3) is 0 Å². The number of rotatable bonds is 30. The summed E-state index contributed by atoms with van der Waals surface area (Å²) in [7, 11) is 0. The van der Waals surface area contributed by atoms with Gasteiger partial charge in [-0.2, -0.15) is 0 Å². The second-order valence-electron chi connectivity index (χ2n) is 18.1. The molecule has 6 rings (SSSR count). The molecule has 1 amide bonds. The standard InChI is InChI=1S/C52H76FN3O7/c1-4-7-8-9-10-11-12-13-14-21-49(59)56(38-39-22-24-41(53)25-23-39)48-37-46(54-62-6-3)44-35-40(19-15-17-31-57)43(20-16-18-32-58)50-45-36-42(60-34-30-55-28-29-55)26-27-47(45)63-52(48,51(44)50)61-33-5-2/h5,22-27,35-36,40,43,48,50-51,57-58H,2,4,6-21,28-34,37-38H2,1,3H3. The third kappa shape index (κ3) is 13.0. The van der Waals surface area contributed by atoms with Crippen molar-refractivity contribution < 1.29 is 38.4 Å². The molecule has 1 saturated heterocycles. The smallest absolute Gasteiger partial charge is 0.239 e. The highest BCUT2D eigenvalue weighted by Crippen LogP contribution is 2.62. The first kappa shape index (κ1) is 48.7. The first-order valence-corrected chi connectivity index (χ1v) is 24.5. The van der Waals surface area contributed by atoms with Crippen LogP contribution in [0.4, 0.5) is 4.39 Å². The van der Waals surface area contributed by atoms with Gasteiger partial charge in [0.1, 0.15) is 36.6 Å². The van der Waals surface area contributed by atoms with Gasteiger partial charge in [-0.15, -0.1) is 6.58 Å². The van der Waals surface area contributed by atoms with E-state index < -0.39 is 17.7 Å². The molecule has 11 heteroatoms. The van der Waals surface area contributed by atoms with Crippen molar-refractivity contribution in [2.24, 2.45) is 22.9 Å². The molecule has 2 heterocycles. The lowest BCUT2D eigenvalue weighted by Crippen LogP contribution is -2.70. The van der Waals surface area contributed by atoms with Gasteiger partial charge in [-0.05, 0) is 92.3 Å². The molecule has 2 fully saturated rings. The number of nitrogens with zero attached hydrogens (tertiary/aromatic N) is 3. The van der Waals surface area contributed by atoms with Gasteiger partial charge in [-0.1, -0.05) is 101 Å². The largest absolute Gasteiger partial charge is 0.492 e. The lowest BCUT2D eigenvalue weighted by Gasteiger charge is -2.60. The van der Waals surface area contributed by atoms with Crippen molar-refractivity contribution in [1.29, 1.82) is 0 Å². The Kier molecular flexibility index (Phi) is 19.4. The summed E-state index contributed by atoms with van der Waals surface area (Å²) in [4.78, 5) is 25.2. The van der Waals surface area contributed by atoms with Crippen LogP contribution in [0.1, 0.15) is 140 Å². The fourth-order valence-corrected chi connectivity index (χ4v) is 10.4. The third-order valence-corrected chi connectivity index (χ3v) is 13.6. The fraction of sp³-hybridized carbons (Fsp3) is 0.654. The number of benzene rings is 2. The average molecular weight is 874 g/mol. The van der Waals surface area contributed by atoms with E-state index in [1.807, 2.05) is 24.0 Å². The van der Waals surface area contributed by atoms with Gasteiger partial charge in [-0.25, -0.2) is 4.39 Å². The van der Waals surface area contributed by atoms with E-state index in [0.29, 0.717) is 44.6 Å². The number of hydrogen-bond acceptors (Lipinski definition) is 9. The van der Waals surface area contributed by atoms with Gasteiger partial charge < -0.3 is 34.2 Å². The maximum atomic E-state index is 15.0. The Labute approximate surface area is 376 Å². The Bertz CT molecular complexity index is 1780. The highest BCUT2D eigenvalue weighted by Gasteiger charge is 2.65. The molecule has 10 nitrogen and oxygen atoms in total. The second-order valence-corrected chi connectivity index (χ2v) is 18.1. The number of fused-ring (bicyclic) bond motifs is 2. The molecule has 2 aliphatic heterocycles. The molecule has 2 aliphatic carbocycles. The topological polar surface area (TPSA) is 113 Å². The molecule has 1 saturated carbocycles. The van der Waals surface area contributed by atoms with Crippen molar-refractivity contribution >= 4 is 11.6 Å². The molecule has 2 aromatic rings. The van der Waals surface area contributed by atoms with E-state index in [4.69, 9.17) is 24.2 Å². The number of oxime groups is 1. The van der Waals surface area contributed by atoms with Gasteiger partial charge in [0.05, 0.1) is 18.2 Å². The SMILES string of the molecule is C=CCOC12Oc3ccc(OCCN4CC4)cc3C3C(CCCCO)C(CCCCO)C=C(C(=NOCC)CC1N(Cc1ccc(F)cc1)C(=O)CCCCCCCCCCC)C32. The predicted octanol–water partition coefficient (Wildman–Crippen LogP) is 10.1. The predicted molar refractivity (Wildman–Crippen MR) is 247 cm³/mol. The molecule has 2 N–H and O–H groups in total. The van der Waals surface area contributed by atoms with Crippen LogP contribution in [0.5, 0.6) is 11.5 Å². The number of halogens is 1. The Hall–Kier alpha value is -3.77. The van der Waals surface area contributed by atoms with Crippen LogP contribution in [0, 0.1) is 23.6 Å². The van der Waals surface area contributed by atoms with E-state index in [1.165, 1.54) is 50.7 Å². The van der Waals surface area contributed by atoms with Crippen LogP contribution in [0.2, 0.25) is 0 Å². The molecule has 63 heavy (non-hydrogen) atoms. The molecule has 0 aromatic heterocycles. The summed E-state index contributed by atoms with van der Waals surface area (Å²) in [6.45, 7) is 13.0. The normalized spacial score (nSPS) is 24.2. The van der Waals surface area contributed by atoms with Gasteiger partial charge in [-0.3, -0.25) is 9.69 Å². The van der Waals surface area contributed by atoms with E-state index >= 15 is 4.79 Å². The molecule has 348 valence electrons. The monoisotopic (exact) mass is 874 g/mol. The summed E-state index contributed by atoms with van der Waals surface area (Å²) in [6, 6.07) is 11.9. The lowest BCUT2D eigenvalue weighted by atomic mass is 9.55. The zero-order valence-corrected chi connectivity index (χ0v) is 38.3. The number of unbranched alkanes of at least 4 members (excludes halogenated alkanes) is 10. The summed E-state index contributed by atoms with van der Waals surface area (Å²) >= 11 is 0. The quantitative estimate of drug-likeness (QED) is 0.0345. The molecule has 0 bridgehead atoms. The van der Waals surface area contributed by atoms with Crippen LogP contribution in [0.25, 0.3) is 0 Å². The molecule has 4 aliphatic rings. The highest BCUT2D eigenvalue weighted by atomic mass is 19.1. The number of aliphatic hydroxyl groups is 2. The minimum atomic E-state index is -1.36. The molecular formula is C52H76FN3O7. The first-order valence-electron chi connectivity index (χ1n) is 24.5. The first-order chi connectivity index (χ1) is 30.9. The number of allylic oxidation sites excluding steroid dienone is 1. The molecule has 0 radical (unpaired) electrons. The van der Waals surface area contributed by atoms with Gasteiger partial charge in [0.2, 0.25) is 11.7 Å². The second kappa shape index (κ2) is 25.1. The Morgan fingerprint density at radius 1 is 0.952 bits per heavy atom. The van der Waals surface area contributed by atoms with E-state index in [0.717, 1.165) is 92.7 Å². The van der Waals surface area contributed by atoms with Crippen molar-refractivity contribution in [3.8, 4) is 11.5 Å². The molecule has 6 unspecified atom stereocenters. The lowest BCUT2D eigenvalue weighted by molar-refractivity contribution is -0.258. The number of carbonyl (C=O) groups is 1. The van der Waals surface area contributed by atoms with Crippen LogP contribution in [-0.4, -0.2) is 96.1 Å². The van der Waals surface area contributed by atoms with Crippen LogP contribution in [0.15, 0.2) is 71.9 Å². The minimum Gasteiger partial charge on any atom is -0.492 e. The van der Waals surface area contributed by atoms with Crippen molar-refractivity contribution in [3.63, 3.8) is 0 Å². The summed E-state index contributed by atoms with van der Waals surface area (Å²) in [5, 5.41) is 24.7. The molecule has 0 spiro atoms. The average Bonchev–Trinajstić information content (AvgIpc) is 4.12. The van der Waals surface area contributed by atoms with Crippen LogP contribution < -0.4 is 9.47 Å². The maximum absolute atomic E-state index is 15.0. The van der Waals surface area contributed by atoms with Gasteiger partial charge >= 0.3 is 0 Å². The van der Waals surface area contributed by atoms with Crippen molar-refractivity contribution in [2.75, 3.05) is 52.7 Å². The number of hydrogen-bond donors (Lipinski definition) is 2. The van der Waals surface area contributed by atoms with Crippen LogP contribution in [0.3, 0.4) is 0 Å². The van der Waals surface area contributed by atoms with Crippen molar-refractivity contribution in [3.05, 3.63) is 83.7 Å².